The normalized spacial score (nSPS) is 20.6. The van der Waals surface area contributed by atoms with Crippen LogP contribution in [0.25, 0.3) is 0 Å². The van der Waals surface area contributed by atoms with Crippen molar-refractivity contribution in [1.29, 1.82) is 0 Å². The van der Waals surface area contributed by atoms with Crippen molar-refractivity contribution in [3.8, 4) is 0 Å². The summed E-state index contributed by atoms with van der Waals surface area (Å²) in [7, 11) is 0. The molecule has 0 spiro atoms. The molecular weight excluding hydrogens is 312 g/mol. The van der Waals surface area contributed by atoms with Crippen LogP contribution in [0.15, 0.2) is 0 Å². The molecule has 0 aliphatic carbocycles. The Kier molecular flexibility index (Phi) is 4.49. The lowest BCUT2D eigenvalue weighted by atomic mass is 10.1. The highest BCUT2D eigenvalue weighted by Crippen LogP contribution is 2.26. The summed E-state index contributed by atoms with van der Waals surface area (Å²) >= 11 is 0. The van der Waals surface area contributed by atoms with Gasteiger partial charge >= 0.3 is 6.09 Å². The van der Waals surface area contributed by atoms with Gasteiger partial charge in [0.2, 0.25) is 5.91 Å². The number of nitrogens with one attached hydrogen (secondary N) is 2. The molecular formula is C16H24N4O4. The molecule has 1 aromatic rings. The lowest BCUT2D eigenvalue weighted by Crippen LogP contribution is -2.40. The molecule has 2 aliphatic rings. The number of carbonyl (C=O) groups is 2. The third-order valence-corrected chi connectivity index (χ3v) is 4.13. The smallest absolute Gasteiger partial charge is 0.410 e. The fourth-order valence-corrected chi connectivity index (χ4v) is 2.86. The first kappa shape index (κ1) is 16.8. The Morgan fingerprint density at radius 2 is 2.21 bits per heavy atom. The van der Waals surface area contributed by atoms with Crippen molar-refractivity contribution < 1.29 is 19.1 Å². The molecule has 1 aromatic heterocycles. The van der Waals surface area contributed by atoms with Crippen molar-refractivity contribution in [1.82, 2.24) is 15.1 Å². The number of amides is 2. The number of ether oxygens (including phenoxy) is 2. The third kappa shape index (κ3) is 3.69. The molecule has 8 heteroatoms. The maximum absolute atomic E-state index is 12.2. The van der Waals surface area contributed by atoms with E-state index in [9.17, 15) is 9.59 Å². The van der Waals surface area contributed by atoms with Gasteiger partial charge < -0.3 is 19.7 Å². The van der Waals surface area contributed by atoms with Gasteiger partial charge in [0.15, 0.2) is 5.82 Å². The Bertz CT molecular complexity index is 629. The topological polar surface area (TPSA) is 96.6 Å². The largest absolute Gasteiger partial charge is 0.444 e. The van der Waals surface area contributed by atoms with Crippen LogP contribution < -0.4 is 5.32 Å². The monoisotopic (exact) mass is 336 g/mol. The minimum atomic E-state index is -0.520. The number of H-pyrrole nitrogens is 1. The summed E-state index contributed by atoms with van der Waals surface area (Å²) in [4.78, 5) is 26.0. The predicted molar refractivity (Wildman–Crippen MR) is 86.5 cm³/mol. The van der Waals surface area contributed by atoms with Gasteiger partial charge in [0.05, 0.1) is 24.8 Å². The molecule has 24 heavy (non-hydrogen) atoms. The first-order valence-corrected chi connectivity index (χ1v) is 8.26. The van der Waals surface area contributed by atoms with E-state index in [1.165, 1.54) is 0 Å². The molecule has 2 amide bonds. The van der Waals surface area contributed by atoms with Crippen molar-refractivity contribution >= 4 is 17.8 Å². The number of rotatable bonds is 2. The highest BCUT2D eigenvalue weighted by molar-refractivity contribution is 5.92. The summed E-state index contributed by atoms with van der Waals surface area (Å²) in [5.41, 5.74) is 1.28. The first-order chi connectivity index (χ1) is 11.3. The molecule has 1 saturated heterocycles. The molecule has 2 N–H and O–H groups in total. The number of anilines is 1. The van der Waals surface area contributed by atoms with E-state index in [0.717, 1.165) is 17.7 Å². The van der Waals surface area contributed by atoms with E-state index in [0.29, 0.717) is 38.5 Å². The number of hydrogen-bond acceptors (Lipinski definition) is 5. The summed E-state index contributed by atoms with van der Waals surface area (Å²) in [6.07, 6.45) is 1.03. The number of hydrogen-bond donors (Lipinski definition) is 2. The number of carbonyl (C=O) groups excluding carboxylic acids is 2. The van der Waals surface area contributed by atoms with Crippen LogP contribution in [0.3, 0.4) is 0 Å². The van der Waals surface area contributed by atoms with E-state index in [4.69, 9.17) is 9.47 Å². The second-order valence-electron chi connectivity index (χ2n) is 7.23. The average molecular weight is 336 g/mol. The molecule has 0 aromatic carbocycles. The molecule has 3 rings (SSSR count). The van der Waals surface area contributed by atoms with Crippen LogP contribution >= 0.6 is 0 Å². The Hall–Kier alpha value is -2.09. The zero-order valence-corrected chi connectivity index (χ0v) is 14.3. The van der Waals surface area contributed by atoms with Crippen molar-refractivity contribution in [2.45, 2.75) is 45.8 Å². The van der Waals surface area contributed by atoms with E-state index in [-0.39, 0.29) is 17.9 Å². The van der Waals surface area contributed by atoms with Crippen molar-refractivity contribution in [2.75, 3.05) is 25.1 Å². The minimum Gasteiger partial charge on any atom is -0.444 e. The maximum atomic E-state index is 12.2. The van der Waals surface area contributed by atoms with E-state index < -0.39 is 5.60 Å². The van der Waals surface area contributed by atoms with Crippen LogP contribution in [0.4, 0.5) is 10.6 Å². The second kappa shape index (κ2) is 6.43. The van der Waals surface area contributed by atoms with E-state index in [1.54, 1.807) is 4.90 Å². The predicted octanol–water partition coefficient (Wildman–Crippen LogP) is 1.68. The van der Waals surface area contributed by atoms with Gasteiger partial charge in [0.1, 0.15) is 5.60 Å². The van der Waals surface area contributed by atoms with Crippen LogP contribution in [0.5, 0.6) is 0 Å². The fourth-order valence-electron chi connectivity index (χ4n) is 2.86. The van der Waals surface area contributed by atoms with Crippen molar-refractivity contribution in [2.24, 2.45) is 5.92 Å². The highest BCUT2D eigenvalue weighted by atomic mass is 16.6. The van der Waals surface area contributed by atoms with Gasteiger partial charge in [-0.05, 0) is 33.6 Å². The molecule has 132 valence electrons. The number of aromatic nitrogens is 2. The summed E-state index contributed by atoms with van der Waals surface area (Å²) in [5.74, 6) is 0.390. The molecule has 0 radical (unpaired) electrons. The first-order valence-electron chi connectivity index (χ1n) is 8.26. The molecule has 3 heterocycles. The van der Waals surface area contributed by atoms with Crippen LogP contribution in [0, 0.1) is 5.92 Å². The standard InChI is InChI=1S/C16H24N4O4/c1-16(2,3)24-15(22)20-6-4-11-12(8-20)18-19-13(11)17-14(21)10-5-7-23-9-10/h10H,4-9H2,1-3H3,(H2,17,18,19,21). The zero-order chi connectivity index (χ0) is 17.3. The van der Waals surface area contributed by atoms with Gasteiger partial charge in [0, 0.05) is 18.7 Å². The summed E-state index contributed by atoms with van der Waals surface area (Å²) in [5, 5.41) is 10.0. The van der Waals surface area contributed by atoms with Gasteiger partial charge in [-0.1, -0.05) is 0 Å². The average Bonchev–Trinajstić information content (AvgIpc) is 3.15. The number of nitrogens with zero attached hydrogens (tertiary/aromatic N) is 2. The number of aromatic amines is 1. The second-order valence-corrected chi connectivity index (χ2v) is 7.23. The molecule has 1 unspecified atom stereocenters. The molecule has 2 aliphatic heterocycles. The molecule has 8 nitrogen and oxygen atoms in total. The van der Waals surface area contributed by atoms with E-state index in [1.807, 2.05) is 20.8 Å². The Morgan fingerprint density at radius 3 is 2.88 bits per heavy atom. The van der Waals surface area contributed by atoms with Gasteiger partial charge in [-0.2, -0.15) is 5.10 Å². The quantitative estimate of drug-likeness (QED) is 0.856. The minimum absolute atomic E-state index is 0.0589. The SMILES string of the molecule is CC(C)(C)OC(=O)N1CCc2c(NC(=O)C3CCOC3)n[nH]c2C1. The molecule has 0 bridgehead atoms. The summed E-state index contributed by atoms with van der Waals surface area (Å²) < 4.78 is 10.6. The third-order valence-electron chi connectivity index (χ3n) is 4.13. The lowest BCUT2D eigenvalue weighted by Gasteiger charge is -2.29. The molecule has 1 fully saturated rings. The Morgan fingerprint density at radius 1 is 1.42 bits per heavy atom. The van der Waals surface area contributed by atoms with Crippen molar-refractivity contribution in [3.05, 3.63) is 11.3 Å². The Balaban J connectivity index is 1.63. The van der Waals surface area contributed by atoms with Crippen molar-refractivity contribution in [3.63, 3.8) is 0 Å². The molecule has 1 atom stereocenters. The zero-order valence-electron chi connectivity index (χ0n) is 14.3. The highest BCUT2D eigenvalue weighted by Gasteiger charge is 2.30. The van der Waals surface area contributed by atoms with Crippen LogP contribution in [-0.4, -0.2) is 52.5 Å². The summed E-state index contributed by atoms with van der Waals surface area (Å²) in [6.45, 7) is 7.56. The van der Waals surface area contributed by atoms with E-state index >= 15 is 0 Å². The van der Waals surface area contributed by atoms with Crippen LogP contribution in [0.1, 0.15) is 38.4 Å². The van der Waals surface area contributed by atoms with Crippen LogP contribution in [-0.2, 0) is 27.2 Å². The lowest BCUT2D eigenvalue weighted by molar-refractivity contribution is -0.119. The molecule has 0 saturated carbocycles. The fraction of sp³-hybridized carbons (Fsp3) is 0.688. The van der Waals surface area contributed by atoms with Gasteiger partial charge in [-0.15, -0.1) is 0 Å². The van der Waals surface area contributed by atoms with Crippen LogP contribution in [0.2, 0.25) is 0 Å². The van der Waals surface area contributed by atoms with Gasteiger partial charge in [-0.3, -0.25) is 9.89 Å². The maximum Gasteiger partial charge on any atom is 0.410 e. The van der Waals surface area contributed by atoms with Gasteiger partial charge in [0.25, 0.3) is 0 Å². The van der Waals surface area contributed by atoms with E-state index in [2.05, 4.69) is 15.5 Å². The summed E-state index contributed by atoms with van der Waals surface area (Å²) in [6, 6.07) is 0. The van der Waals surface area contributed by atoms with Gasteiger partial charge in [-0.25, -0.2) is 4.79 Å². The Labute approximate surface area is 140 Å². The number of fused-ring (bicyclic) bond motifs is 1.